The Hall–Kier alpha value is -0.770. The first-order valence-electron chi connectivity index (χ1n) is 6.19. The summed E-state index contributed by atoms with van der Waals surface area (Å²) in [6.45, 7) is 4.22. The van der Waals surface area contributed by atoms with Crippen LogP contribution in [0.3, 0.4) is 0 Å². The van der Waals surface area contributed by atoms with Crippen molar-refractivity contribution in [1.82, 2.24) is 4.98 Å². The number of ether oxygens (including phenoxy) is 1. The summed E-state index contributed by atoms with van der Waals surface area (Å²) >= 11 is 15.4. The minimum Gasteiger partial charge on any atom is -0.437 e. The fraction of sp³-hybridized carbons (Fsp3) is 0.267. The first-order valence-corrected chi connectivity index (χ1v) is 7.89. The summed E-state index contributed by atoms with van der Waals surface area (Å²) in [5.74, 6) is 1.87. The van der Waals surface area contributed by atoms with Crippen molar-refractivity contribution >= 4 is 39.1 Å². The molecule has 0 unspecified atom stereocenters. The molecule has 20 heavy (non-hydrogen) atoms. The van der Waals surface area contributed by atoms with Crippen LogP contribution in [-0.2, 0) is 5.88 Å². The van der Waals surface area contributed by atoms with Gasteiger partial charge in [0.05, 0.1) is 0 Å². The fourth-order valence-corrected chi connectivity index (χ4v) is 2.53. The van der Waals surface area contributed by atoms with Crippen LogP contribution < -0.4 is 4.74 Å². The van der Waals surface area contributed by atoms with Gasteiger partial charge in [0, 0.05) is 16.5 Å². The highest BCUT2D eigenvalue weighted by Crippen LogP contribution is 2.34. The first kappa shape index (κ1) is 15.6. The average Bonchev–Trinajstić information content (AvgIpc) is 2.42. The molecule has 1 aromatic heterocycles. The van der Waals surface area contributed by atoms with Crippen LogP contribution >= 0.6 is 39.1 Å². The van der Waals surface area contributed by atoms with Gasteiger partial charge in [-0.15, -0.1) is 11.6 Å². The van der Waals surface area contributed by atoms with Crippen molar-refractivity contribution in [2.75, 3.05) is 0 Å². The van der Waals surface area contributed by atoms with E-state index >= 15 is 0 Å². The normalized spacial score (nSPS) is 10.9. The van der Waals surface area contributed by atoms with Crippen molar-refractivity contribution in [1.29, 1.82) is 0 Å². The average molecular weight is 375 g/mol. The van der Waals surface area contributed by atoms with E-state index in [9.17, 15) is 0 Å². The third kappa shape index (κ3) is 3.66. The van der Waals surface area contributed by atoms with Crippen LogP contribution in [0.5, 0.6) is 11.6 Å². The smallest absolute Gasteiger partial charge is 0.238 e. The molecule has 0 saturated carbocycles. The molecule has 0 aliphatic carbocycles. The number of hydrogen-bond donors (Lipinski definition) is 0. The molecule has 2 nitrogen and oxygen atoms in total. The second-order valence-electron chi connectivity index (χ2n) is 4.70. The molecule has 0 amide bonds. The van der Waals surface area contributed by atoms with E-state index in [1.165, 1.54) is 0 Å². The molecule has 0 bridgehead atoms. The van der Waals surface area contributed by atoms with Crippen LogP contribution in [0.25, 0.3) is 0 Å². The molecule has 2 aromatic rings. The Morgan fingerprint density at radius 3 is 2.65 bits per heavy atom. The lowest BCUT2D eigenvalue weighted by molar-refractivity contribution is 0.454. The Kier molecular flexibility index (Phi) is 5.30. The van der Waals surface area contributed by atoms with Gasteiger partial charge in [-0.2, -0.15) is 0 Å². The minimum absolute atomic E-state index is 0.336. The van der Waals surface area contributed by atoms with Crippen molar-refractivity contribution in [2.24, 2.45) is 0 Å². The third-order valence-corrected chi connectivity index (χ3v) is 3.89. The summed E-state index contributed by atoms with van der Waals surface area (Å²) in [6.07, 6.45) is 1.67. The number of benzene rings is 1. The van der Waals surface area contributed by atoms with Crippen molar-refractivity contribution in [3.8, 4) is 11.6 Å². The number of pyridine rings is 1. The lowest BCUT2D eigenvalue weighted by Crippen LogP contribution is -1.96. The summed E-state index contributed by atoms with van der Waals surface area (Å²) < 4.78 is 6.87. The SMILES string of the molecule is CC(C)c1cc(Br)ccc1Oc1ncc(CCl)cc1Cl. The topological polar surface area (TPSA) is 22.1 Å². The zero-order valence-electron chi connectivity index (χ0n) is 11.2. The Morgan fingerprint density at radius 2 is 2.05 bits per heavy atom. The zero-order chi connectivity index (χ0) is 14.7. The predicted octanol–water partition coefficient (Wildman–Crippen LogP) is 6.15. The molecule has 0 atom stereocenters. The molecule has 0 fully saturated rings. The Labute approximate surface area is 137 Å². The molecule has 0 saturated heterocycles. The van der Waals surface area contributed by atoms with Crippen molar-refractivity contribution < 1.29 is 4.74 Å². The maximum absolute atomic E-state index is 6.17. The van der Waals surface area contributed by atoms with E-state index in [0.29, 0.717) is 22.7 Å². The quantitative estimate of drug-likeness (QED) is 0.598. The second-order valence-corrected chi connectivity index (χ2v) is 6.29. The van der Waals surface area contributed by atoms with Crippen molar-refractivity contribution in [3.63, 3.8) is 0 Å². The Bertz CT molecular complexity index is 617. The van der Waals surface area contributed by atoms with E-state index < -0.39 is 0 Å². The molecule has 1 aromatic carbocycles. The molecule has 0 N–H and O–H groups in total. The van der Waals surface area contributed by atoms with E-state index in [4.69, 9.17) is 27.9 Å². The molecule has 2 rings (SSSR count). The highest BCUT2D eigenvalue weighted by molar-refractivity contribution is 9.10. The van der Waals surface area contributed by atoms with Crippen molar-refractivity contribution in [3.05, 3.63) is 51.1 Å². The lowest BCUT2D eigenvalue weighted by Gasteiger charge is -2.14. The maximum Gasteiger partial charge on any atom is 0.238 e. The predicted molar refractivity (Wildman–Crippen MR) is 87.1 cm³/mol. The minimum atomic E-state index is 0.336. The van der Waals surface area contributed by atoms with Crippen LogP contribution in [0.15, 0.2) is 34.9 Å². The number of nitrogens with zero attached hydrogens (tertiary/aromatic N) is 1. The molecule has 5 heteroatoms. The fourth-order valence-electron chi connectivity index (χ4n) is 1.78. The van der Waals surface area contributed by atoms with Crippen LogP contribution in [0, 0.1) is 0 Å². The third-order valence-electron chi connectivity index (χ3n) is 2.82. The highest BCUT2D eigenvalue weighted by atomic mass is 79.9. The summed E-state index contributed by atoms with van der Waals surface area (Å²) in [7, 11) is 0. The van der Waals surface area contributed by atoms with E-state index in [1.54, 1.807) is 12.3 Å². The van der Waals surface area contributed by atoms with Crippen molar-refractivity contribution in [2.45, 2.75) is 25.6 Å². The van der Waals surface area contributed by atoms with E-state index in [1.807, 2.05) is 18.2 Å². The highest BCUT2D eigenvalue weighted by Gasteiger charge is 2.12. The van der Waals surface area contributed by atoms with Crippen LogP contribution in [-0.4, -0.2) is 4.98 Å². The molecule has 0 radical (unpaired) electrons. The number of aromatic nitrogens is 1. The molecule has 106 valence electrons. The number of halogens is 3. The summed E-state index contributed by atoms with van der Waals surface area (Å²) in [5.41, 5.74) is 1.96. The maximum atomic E-state index is 6.17. The molecular formula is C15H14BrCl2NO. The van der Waals surface area contributed by atoms with Gasteiger partial charge in [-0.1, -0.05) is 41.4 Å². The molecular weight excluding hydrogens is 361 g/mol. The first-order chi connectivity index (χ1) is 9.51. The van der Waals surface area contributed by atoms with E-state index in [-0.39, 0.29) is 0 Å². The van der Waals surface area contributed by atoms with Gasteiger partial charge in [-0.3, -0.25) is 0 Å². The summed E-state index contributed by atoms with van der Waals surface area (Å²) in [4.78, 5) is 4.22. The molecule has 0 aliphatic rings. The summed E-state index contributed by atoms with van der Waals surface area (Å²) in [6, 6.07) is 7.65. The lowest BCUT2D eigenvalue weighted by atomic mass is 10.0. The zero-order valence-corrected chi connectivity index (χ0v) is 14.3. The monoisotopic (exact) mass is 373 g/mol. The molecule has 1 heterocycles. The largest absolute Gasteiger partial charge is 0.437 e. The number of rotatable bonds is 4. The van der Waals surface area contributed by atoms with E-state index in [2.05, 4.69) is 34.8 Å². The van der Waals surface area contributed by atoms with E-state index in [0.717, 1.165) is 21.3 Å². The van der Waals surface area contributed by atoms with Crippen LogP contribution in [0.2, 0.25) is 5.02 Å². The van der Waals surface area contributed by atoms with Crippen LogP contribution in [0.4, 0.5) is 0 Å². The summed E-state index contributed by atoms with van der Waals surface area (Å²) in [5, 5.41) is 0.459. The van der Waals surface area contributed by atoms with Gasteiger partial charge in [0.25, 0.3) is 0 Å². The van der Waals surface area contributed by atoms with Gasteiger partial charge in [0.1, 0.15) is 10.8 Å². The Morgan fingerprint density at radius 1 is 1.30 bits per heavy atom. The van der Waals surface area contributed by atoms with Crippen LogP contribution in [0.1, 0.15) is 30.9 Å². The number of alkyl halides is 1. The van der Waals surface area contributed by atoms with Gasteiger partial charge in [-0.25, -0.2) is 4.98 Å². The molecule has 0 spiro atoms. The molecule has 0 aliphatic heterocycles. The standard InChI is InChI=1S/C15H14BrCl2NO/c1-9(2)12-6-11(16)3-4-14(12)20-15-13(18)5-10(7-17)8-19-15/h3-6,8-9H,7H2,1-2H3. The Balaban J connectivity index is 2.35. The van der Waals surface area contributed by atoms with Gasteiger partial charge in [-0.05, 0) is 41.3 Å². The van der Waals surface area contributed by atoms with Gasteiger partial charge in [0.2, 0.25) is 5.88 Å². The van der Waals surface area contributed by atoms with Gasteiger partial charge < -0.3 is 4.74 Å². The number of hydrogen-bond acceptors (Lipinski definition) is 2. The van der Waals surface area contributed by atoms with Gasteiger partial charge in [0.15, 0.2) is 0 Å². The second kappa shape index (κ2) is 6.79. The van der Waals surface area contributed by atoms with Gasteiger partial charge >= 0.3 is 0 Å².